The highest BCUT2D eigenvalue weighted by molar-refractivity contribution is 6.57. The van der Waals surface area contributed by atoms with E-state index in [-0.39, 0.29) is 0 Å². The second-order valence-corrected chi connectivity index (χ2v) is 1.17. The molecule has 0 aliphatic carbocycles. The van der Waals surface area contributed by atoms with Crippen molar-refractivity contribution < 1.29 is 14.4 Å². The Hall–Kier alpha value is -1.28. The van der Waals surface area contributed by atoms with Gasteiger partial charge in [-0.1, -0.05) is 0 Å². The van der Waals surface area contributed by atoms with Crippen molar-refractivity contribution in [3.63, 3.8) is 0 Å². The van der Waals surface area contributed by atoms with Gasteiger partial charge in [0.05, 0.1) is 0 Å². The molecular weight excluding hydrogens is 108 g/mol. The van der Waals surface area contributed by atoms with Gasteiger partial charge in [-0.25, -0.2) is 0 Å². The molecule has 0 unspecified atom stereocenters. The van der Waals surface area contributed by atoms with Crippen LogP contribution >= 0.6 is 0 Å². The number of ketones is 2. The third-order valence-corrected chi connectivity index (χ3v) is 0.522. The van der Waals surface area contributed by atoms with Crippen LogP contribution in [0.3, 0.4) is 0 Å². The predicted octanol–water partition coefficient (Wildman–Crippen LogP) is -0.555. The van der Waals surface area contributed by atoms with Gasteiger partial charge in [-0.05, 0) is 0 Å². The quantitative estimate of drug-likeness (QED) is 0.208. The zero-order valence-corrected chi connectivity index (χ0v) is 4.29. The molecule has 0 aromatic carbocycles. The van der Waals surface area contributed by atoms with E-state index >= 15 is 0 Å². The molecule has 0 fully saturated rings. The maximum atomic E-state index is 10.1. The minimum Gasteiger partial charge on any atom is -0.361 e. The maximum absolute atomic E-state index is 10.1. The Morgan fingerprint density at radius 3 is 2.25 bits per heavy atom. The van der Waals surface area contributed by atoms with Crippen molar-refractivity contribution in [2.45, 2.75) is 6.92 Å². The van der Waals surface area contributed by atoms with Crippen LogP contribution in [0.5, 0.6) is 0 Å². The Morgan fingerprint density at radius 1 is 1.62 bits per heavy atom. The van der Waals surface area contributed by atoms with E-state index in [0.29, 0.717) is 6.21 Å². The van der Waals surface area contributed by atoms with E-state index in [2.05, 4.69) is 4.79 Å². The normalized spacial score (nSPS) is 7.12. The van der Waals surface area contributed by atoms with Gasteiger partial charge in [0.15, 0.2) is 0 Å². The number of rotatable bonds is 2. The lowest BCUT2D eigenvalue weighted by atomic mass is 10.3. The standard InChI is InChI=1S/C4H4N2O2/c1-3(7)4(8)2-6-5/h2H,1H3. The first-order chi connectivity index (χ1) is 3.68. The molecule has 0 heterocycles. The van der Waals surface area contributed by atoms with Crippen molar-refractivity contribution in [3.05, 3.63) is 5.53 Å². The third kappa shape index (κ3) is 2.00. The van der Waals surface area contributed by atoms with Crippen LogP contribution in [0.1, 0.15) is 6.92 Å². The van der Waals surface area contributed by atoms with Crippen LogP contribution in [0.25, 0.3) is 5.53 Å². The monoisotopic (exact) mass is 112 g/mol. The highest BCUT2D eigenvalue weighted by atomic mass is 16.2. The van der Waals surface area contributed by atoms with Crippen LogP contribution in [0.4, 0.5) is 0 Å². The number of hydrogen-bond acceptors (Lipinski definition) is 2. The summed E-state index contributed by atoms with van der Waals surface area (Å²) in [4.78, 5) is 22.4. The van der Waals surface area contributed by atoms with Gasteiger partial charge in [0.2, 0.25) is 5.78 Å². The van der Waals surface area contributed by atoms with E-state index in [9.17, 15) is 9.59 Å². The molecule has 4 heteroatoms. The zero-order chi connectivity index (χ0) is 6.57. The molecular formula is C4H4N2O2. The van der Waals surface area contributed by atoms with Crippen molar-refractivity contribution in [2.24, 2.45) is 0 Å². The minimum absolute atomic E-state index is 0.558. The van der Waals surface area contributed by atoms with Crippen LogP contribution < -0.4 is 0 Å². The Labute approximate surface area is 45.7 Å². The van der Waals surface area contributed by atoms with E-state index in [4.69, 9.17) is 5.53 Å². The van der Waals surface area contributed by atoms with Gasteiger partial charge in [0.1, 0.15) is 0 Å². The average molecular weight is 112 g/mol. The summed E-state index contributed by atoms with van der Waals surface area (Å²) < 4.78 is 0. The second-order valence-electron chi connectivity index (χ2n) is 1.17. The van der Waals surface area contributed by atoms with Crippen molar-refractivity contribution in [3.8, 4) is 0 Å². The van der Waals surface area contributed by atoms with Crippen molar-refractivity contribution in [1.29, 1.82) is 0 Å². The summed E-state index contributed by atoms with van der Waals surface area (Å²) in [6, 6.07) is 0. The van der Waals surface area contributed by atoms with Gasteiger partial charge < -0.3 is 5.53 Å². The van der Waals surface area contributed by atoms with Gasteiger partial charge in [0.25, 0.3) is 0 Å². The van der Waals surface area contributed by atoms with E-state index in [0.717, 1.165) is 6.92 Å². The second kappa shape index (κ2) is 2.82. The molecule has 0 aromatic heterocycles. The highest BCUT2D eigenvalue weighted by Crippen LogP contribution is 1.65. The smallest absolute Gasteiger partial charge is 0.331 e. The molecule has 42 valence electrons. The van der Waals surface area contributed by atoms with E-state index in [1.54, 1.807) is 0 Å². The van der Waals surface area contributed by atoms with Gasteiger partial charge >= 0.3 is 12.0 Å². The maximum Gasteiger partial charge on any atom is 0.331 e. The lowest BCUT2D eigenvalue weighted by Gasteiger charge is -1.70. The Kier molecular flexibility index (Phi) is 2.37. The van der Waals surface area contributed by atoms with Gasteiger partial charge in [-0.2, -0.15) is 4.79 Å². The Balaban J connectivity index is 4.05. The van der Waals surface area contributed by atoms with Crippen LogP contribution in [0.2, 0.25) is 0 Å². The summed E-state index contributed by atoms with van der Waals surface area (Å²) in [5, 5.41) is 0. The molecule has 0 saturated heterocycles. The molecule has 0 atom stereocenters. The molecule has 0 bridgehead atoms. The first-order valence-electron chi connectivity index (χ1n) is 1.91. The van der Waals surface area contributed by atoms with Gasteiger partial charge in [-0.3, -0.25) is 9.59 Å². The lowest BCUT2D eigenvalue weighted by Crippen LogP contribution is -2.10. The SMILES string of the molecule is CC(=O)C(=O)C=[N+]=[N-]. The van der Waals surface area contributed by atoms with Crippen LogP contribution in [0.15, 0.2) is 0 Å². The fourth-order valence-electron chi connectivity index (χ4n) is 0.143. The summed E-state index contributed by atoms with van der Waals surface area (Å²) >= 11 is 0. The zero-order valence-electron chi connectivity index (χ0n) is 4.29. The number of nitrogens with zero attached hydrogens (tertiary/aromatic N) is 2. The van der Waals surface area contributed by atoms with Gasteiger partial charge in [0, 0.05) is 6.92 Å². The summed E-state index contributed by atoms with van der Waals surface area (Å²) in [6.07, 6.45) is 0.558. The number of carbonyl (C=O) groups is 2. The molecule has 4 nitrogen and oxygen atoms in total. The van der Waals surface area contributed by atoms with Crippen molar-refractivity contribution in [2.75, 3.05) is 0 Å². The average Bonchev–Trinajstić information content (AvgIpc) is 1.67. The minimum atomic E-state index is -0.799. The van der Waals surface area contributed by atoms with Crippen molar-refractivity contribution >= 4 is 17.8 Å². The highest BCUT2D eigenvalue weighted by Gasteiger charge is 2.06. The summed E-state index contributed by atoms with van der Waals surface area (Å²) in [5.41, 5.74) is 7.68. The summed E-state index contributed by atoms with van der Waals surface area (Å²) in [6.45, 7) is 1.10. The fourth-order valence-corrected chi connectivity index (χ4v) is 0.143. The topological polar surface area (TPSA) is 70.5 Å². The molecule has 8 heavy (non-hydrogen) atoms. The molecule has 0 radical (unpaired) electrons. The van der Waals surface area contributed by atoms with Crippen LogP contribution in [-0.2, 0) is 9.59 Å². The Morgan fingerprint density at radius 2 is 2.12 bits per heavy atom. The first kappa shape index (κ1) is 6.72. The Bertz CT molecular complexity index is 163. The number of hydrogen-bond donors (Lipinski definition) is 0. The van der Waals surface area contributed by atoms with Gasteiger partial charge in [-0.15, -0.1) is 0 Å². The molecule has 0 N–H and O–H groups in total. The third-order valence-electron chi connectivity index (χ3n) is 0.522. The van der Waals surface area contributed by atoms with E-state index in [1.165, 1.54) is 0 Å². The molecule has 0 spiro atoms. The fraction of sp³-hybridized carbons (Fsp3) is 0.250. The summed E-state index contributed by atoms with van der Waals surface area (Å²) in [7, 11) is 0. The first-order valence-corrected chi connectivity index (χ1v) is 1.91. The molecule has 0 aliphatic heterocycles. The van der Waals surface area contributed by atoms with E-state index in [1.807, 2.05) is 0 Å². The van der Waals surface area contributed by atoms with Crippen molar-refractivity contribution in [1.82, 2.24) is 0 Å². The predicted molar refractivity (Wildman–Crippen MR) is 25.4 cm³/mol. The van der Waals surface area contributed by atoms with Crippen LogP contribution in [-0.4, -0.2) is 22.6 Å². The van der Waals surface area contributed by atoms with E-state index < -0.39 is 11.6 Å². The molecule has 0 amide bonds. The lowest BCUT2D eigenvalue weighted by molar-refractivity contribution is -0.133. The molecule has 0 aromatic rings. The number of carbonyl (C=O) groups excluding carboxylic acids is 2. The molecule has 0 aliphatic rings. The summed E-state index contributed by atoms with van der Waals surface area (Å²) in [5.74, 6) is -1.43. The number of Topliss-reactive ketones (excluding diaryl/α,β-unsaturated/α-hetero) is 2. The largest absolute Gasteiger partial charge is 0.361 e. The molecule has 0 saturated carbocycles. The van der Waals surface area contributed by atoms with Crippen LogP contribution in [0, 0.1) is 0 Å². The molecule has 0 rings (SSSR count).